The van der Waals surface area contributed by atoms with Crippen molar-refractivity contribution >= 4 is 12.0 Å². The molecule has 2 fully saturated rings. The van der Waals surface area contributed by atoms with E-state index in [0.717, 1.165) is 0 Å². The van der Waals surface area contributed by atoms with Crippen molar-refractivity contribution in [3.8, 4) is 0 Å². The molecular formula is C8H13N3O3. The molecule has 78 valence electrons. The van der Waals surface area contributed by atoms with Crippen LogP contribution in [-0.2, 0) is 4.79 Å². The summed E-state index contributed by atoms with van der Waals surface area (Å²) in [6.45, 7) is 0.716. The van der Waals surface area contributed by atoms with Crippen molar-refractivity contribution in [3.05, 3.63) is 0 Å². The van der Waals surface area contributed by atoms with E-state index in [1.807, 2.05) is 0 Å². The molecule has 0 aromatic heterocycles. The van der Waals surface area contributed by atoms with Gasteiger partial charge in [-0.25, -0.2) is 4.79 Å². The molecular weight excluding hydrogens is 186 g/mol. The highest BCUT2D eigenvalue weighted by Gasteiger charge is 2.41. The van der Waals surface area contributed by atoms with E-state index >= 15 is 0 Å². The molecule has 0 aromatic rings. The SMILES string of the molecule is O=C(O)CCC1NC[C@H]2NC(=O)N[C@@H]12. The summed E-state index contributed by atoms with van der Waals surface area (Å²) in [5, 5.41) is 17.3. The molecule has 2 aliphatic heterocycles. The lowest BCUT2D eigenvalue weighted by atomic mass is 10.0. The second kappa shape index (κ2) is 3.45. The van der Waals surface area contributed by atoms with Crippen LogP contribution in [0.25, 0.3) is 0 Å². The van der Waals surface area contributed by atoms with Crippen molar-refractivity contribution in [2.24, 2.45) is 0 Å². The second-order valence-electron chi connectivity index (χ2n) is 3.70. The van der Waals surface area contributed by atoms with Gasteiger partial charge in [-0.05, 0) is 6.42 Å². The number of amides is 2. The number of carboxylic acid groups (broad SMARTS) is 1. The van der Waals surface area contributed by atoms with E-state index < -0.39 is 5.97 Å². The summed E-state index contributed by atoms with van der Waals surface area (Å²) in [7, 11) is 0. The third-order valence-corrected chi connectivity index (χ3v) is 2.75. The smallest absolute Gasteiger partial charge is 0.315 e. The number of aliphatic carboxylic acids is 1. The molecule has 6 nitrogen and oxygen atoms in total. The molecule has 2 saturated heterocycles. The minimum absolute atomic E-state index is 0.0434. The lowest BCUT2D eigenvalue weighted by Gasteiger charge is -2.16. The number of hydrogen-bond donors (Lipinski definition) is 4. The summed E-state index contributed by atoms with van der Waals surface area (Å²) < 4.78 is 0. The number of nitrogens with one attached hydrogen (secondary N) is 3. The van der Waals surface area contributed by atoms with Crippen molar-refractivity contribution in [1.29, 1.82) is 0 Å². The summed E-state index contributed by atoms with van der Waals surface area (Å²) in [6, 6.07) is 0.0834. The molecule has 2 amide bonds. The lowest BCUT2D eigenvalue weighted by Crippen LogP contribution is -2.41. The van der Waals surface area contributed by atoms with Gasteiger partial charge in [0.05, 0.1) is 12.1 Å². The molecule has 1 unspecified atom stereocenters. The number of hydrogen-bond acceptors (Lipinski definition) is 3. The van der Waals surface area contributed by atoms with E-state index in [1.54, 1.807) is 0 Å². The summed E-state index contributed by atoms with van der Waals surface area (Å²) in [6.07, 6.45) is 0.690. The zero-order valence-corrected chi connectivity index (χ0v) is 7.62. The average molecular weight is 199 g/mol. The van der Waals surface area contributed by atoms with E-state index in [2.05, 4.69) is 16.0 Å². The first-order valence-corrected chi connectivity index (χ1v) is 4.69. The first-order valence-electron chi connectivity index (χ1n) is 4.69. The van der Waals surface area contributed by atoms with Crippen LogP contribution in [0.5, 0.6) is 0 Å². The van der Waals surface area contributed by atoms with E-state index in [0.29, 0.717) is 13.0 Å². The van der Waals surface area contributed by atoms with Crippen molar-refractivity contribution < 1.29 is 14.7 Å². The van der Waals surface area contributed by atoms with Gasteiger partial charge in [0.1, 0.15) is 0 Å². The predicted octanol–water partition coefficient (Wildman–Crippen LogP) is -1.13. The topological polar surface area (TPSA) is 90.5 Å². The van der Waals surface area contributed by atoms with Gasteiger partial charge < -0.3 is 21.1 Å². The second-order valence-corrected chi connectivity index (χ2v) is 3.70. The Balaban J connectivity index is 1.89. The van der Waals surface area contributed by atoms with Gasteiger partial charge in [0.2, 0.25) is 0 Å². The van der Waals surface area contributed by atoms with Crippen LogP contribution in [-0.4, -0.2) is 41.8 Å². The number of rotatable bonds is 3. The summed E-state index contributed by atoms with van der Waals surface area (Å²) in [5.41, 5.74) is 0. The van der Waals surface area contributed by atoms with Crippen molar-refractivity contribution in [2.75, 3.05) is 6.54 Å². The Hall–Kier alpha value is -1.30. The number of carbonyl (C=O) groups is 2. The summed E-state index contributed by atoms with van der Waals surface area (Å²) >= 11 is 0. The Morgan fingerprint density at radius 1 is 1.50 bits per heavy atom. The molecule has 6 heteroatoms. The molecule has 3 atom stereocenters. The number of carbonyl (C=O) groups excluding carboxylic acids is 1. The maximum absolute atomic E-state index is 11.0. The maximum Gasteiger partial charge on any atom is 0.315 e. The fraction of sp³-hybridized carbons (Fsp3) is 0.750. The molecule has 0 radical (unpaired) electrons. The molecule has 0 aromatic carbocycles. The number of carboxylic acids is 1. The predicted molar refractivity (Wildman–Crippen MR) is 47.9 cm³/mol. The molecule has 2 rings (SSSR count). The molecule has 4 N–H and O–H groups in total. The Bertz CT molecular complexity index is 269. The van der Waals surface area contributed by atoms with Crippen molar-refractivity contribution in [3.63, 3.8) is 0 Å². The summed E-state index contributed by atoms with van der Waals surface area (Å²) in [4.78, 5) is 21.4. The first-order chi connectivity index (χ1) is 6.66. The van der Waals surface area contributed by atoms with Gasteiger partial charge >= 0.3 is 12.0 Å². The van der Waals surface area contributed by atoms with Gasteiger partial charge in [-0.1, -0.05) is 0 Å². The number of fused-ring (bicyclic) bond motifs is 1. The van der Waals surface area contributed by atoms with Gasteiger partial charge in [-0.15, -0.1) is 0 Å². The maximum atomic E-state index is 11.0. The Labute approximate surface area is 81.0 Å². The summed E-state index contributed by atoms with van der Waals surface area (Å²) in [5.74, 6) is -0.799. The zero-order valence-electron chi connectivity index (χ0n) is 7.62. The molecule has 0 aliphatic carbocycles. The van der Waals surface area contributed by atoms with Crippen LogP contribution in [0.1, 0.15) is 12.8 Å². The molecule has 0 bridgehead atoms. The monoisotopic (exact) mass is 199 g/mol. The third-order valence-electron chi connectivity index (χ3n) is 2.75. The Morgan fingerprint density at radius 3 is 3.00 bits per heavy atom. The minimum Gasteiger partial charge on any atom is -0.481 e. The van der Waals surface area contributed by atoms with Gasteiger partial charge in [-0.2, -0.15) is 0 Å². The highest BCUT2D eigenvalue weighted by molar-refractivity contribution is 5.78. The van der Waals surface area contributed by atoms with E-state index in [-0.39, 0.29) is 30.6 Å². The van der Waals surface area contributed by atoms with Crippen molar-refractivity contribution in [1.82, 2.24) is 16.0 Å². The molecule has 0 saturated carbocycles. The minimum atomic E-state index is -0.799. The van der Waals surface area contributed by atoms with Crippen LogP contribution < -0.4 is 16.0 Å². The first kappa shape index (κ1) is 9.26. The normalized spacial score (nSPS) is 34.9. The van der Waals surface area contributed by atoms with Crippen LogP contribution in [0.3, 0.4) is 0 Å². The Morgan fingerprint density at radius 2 is 2.29 bits per heavy atom. The van der Waals surface area contributed by atoms with E-state index in [1.165, 1.54) is 0 Å². The van der Waals surface area contributed by atoms with Crippen LogP contribution >= 0.6 is 0 Å². The van der Waals surface area contributed by atoms with Crippen LogP contribution in [0.15, 0.2) is 0 Å². The third kappa shape index (κ3) is 1.65. The van der Waals surface area contributed by atoms with Crippen LogP contribution in [0.2, 0.25) is 0 Å². The van der Waals surface area contributed by atoms with Gasteiger partial charge in [0.15, 0.2) is 0 Å². The largest absolute Gasteiger partial charge is 0.481 e. The highest BCUT2D eigenvalue weighted by atomic mass is 16.4. The van der Waals surface area contributed by atoms with Crippen molar-refractivity contribution in [2.45, 2.75) is 31.0 Å². The Kier molecular flexibility index (Phi) is 2.28. The molecule has 0 spiro atoms. The van der Waals surface area contributed by atoms with E-state index in [9.17, 15) is 9.59 Å². The van der Waals surface area contributed by atoms with Gasteiger partial charge in [0.25, 0.3) is 0 Å². The zero-order chi connectivity index (χ0) is 10.1. The average Bonchev–Trinajstić information content (AvgIpc) is 2.60. The fourth-order valence-electron chi connectivity index (χ4n) is 2.08. The van der Waals surface area contributed by atoms with Gasteiger partial charge in [0, 0.05) is 19.0 Å². The molecule has 2 aliphatic rings. The number of urea groups is 1. The molecule has 14 heavy (non-hydrogen) atoms. The highest BCUT2D eigenvalue weighted by Crippen LogP contribution is 2.16. The quantitative estimate of drug-likeness (QED) is 0.463. The molecule has 2 heterocycles. The lowest BCUT2D eigenvalue weighted by molar-refractivity contribution is -0.137. The van der Waals surface area contributed by atoms with Crippen LogP contribution in [0.4, 0.5) is 4.79 Å². The van der Waals surface area contributed by atoms with E-state index in [4.69, 9.17) is 5.11 Å². The van der Waals surface area contributed by atoms with Gasteiger partial charge in [-0.3, -0.25) is 4.79 Å². The fourth-order valence-corrected chi connectivity index (χ4v) is 2.08. The standard InChI is InChI=1S/C8H13N3O3/c12-6(13)2-1-4-7-5(3-9-4)10-8(14)11-7/h4-5,7,9H,1-3H2,(H,12,13)(H2,10,11,14)/t4?,5-,7+/m1/s1. The van der Waals surface area contributed by atoms with Crippen LogP contribution in [0, 0.1) is 0 Å².